The van der Waals surface area contributed by atoms with Crippen molar-refractivity contribution in [3.8, 4) is 0 Å². The number of hydrogen-bond acceptors (Lipinski definition) is 3. The number of hydrogen-bond donors (Lipinski definition) is 2. The smallest absolute Gasteiger partial charge is 0.303 e. The van der Waals surface area contributed by atoms with Gasteiger partial charge in [-0.05, 0) is 85.5 Å². The van der Waals surface area contributed by atoms with Crippen molar-refractivity contribution in [2.24, 2.45) is 34.5 Å². The second kappa shape index (κ2) is 5.92. The predicted molar refractivity (Wildman–Crippen MR) is 98.5 cm³/mol. The molecule has 3 fully saturated rings. The van der Waals surface area contributed by atoms with Crippen molar-refractivity contribution in [2.45, 2.75) is 77.2 Å². The van der Waals surface area contributed by atoms with Gasteiger partial charge < -0.3 is 10.2 Å². The molecule has 0 saturated heterocycles. The van der Waals surface area contributed by atoms with Gasteiger partial charge in [0.25, 0.3) is 0 Å². The Balaban J connectivity index is 1.61. The summed E-state index contributed by atoms with van der Waals surface area (Å²) in [6, 6.07) is 0. The van der Waals surface area contributed by atoms with E-state index in [0.717, 1.165) is 38.5 Å². The monoisotopic (exact) mass is 360 g/mol. The molecule has 0 aromatic heterocycles. The van der Waals surface area contributed by atoms with Crippen molar-refractivity contribution in [1.82, 2.24) is 0 Å². The maximum atomic E-state index is 11.9. The molecule has 0 aromatic carbocycles. The molecule has 26 heavy (non-hydrogen) atoms. The van der Waals surface area contributed by atoms with E-state index in [1.807, 2.05) is 6.08 Å². The normalized spacial score (nSPS) is 50.0. The second-order valence-corrected chi connectivity index (χ2v) is 9.94. The van der Waals surface area contributed by atoms with E-state index in [-0.39, 0.29) is 23.0 Å². The minimum atomic E-state index is -0.836. The summed E-state index contributed by atoms with van der Waals surface area (Å²) in [5.41, 5.74) is -0.891. The highest BCUT2D eigenvalue weighted by Gasteiger charge is 2.63. The van der Waals surface area contributed by atoms with E-state index in [1.165, 1.54) is 0 Å². The van der Waals surface area contributed by atoms with Gasteiger partial charge in [-0.3, -0.25) is 9.59 Å². The molecule has 4 rings (SSSR count). The summed E-state index contributed by atoms with van der Waals surface area (Å²) in [5, 5.41) is 20.5. The molecule has 0 unspecified atom stereocenters. The van der Waals surface area contributed by atoms with Crippen LogP contribution in [-0.2, 0) is 9.59 Å². The maximum absolute atomic E-state index is 11.9. The lowest BCUT2D eigenvalue weighted by molar-refractivity contribution is -0.151. The summed E-state index contributed by atoms with van der Waals surface area (Å²) in [4.78, 5) is 23.0. The summed E-state index contributed by atoms with van der Waals surface area (Å²) >= 11 is 0. The van der Waals surface area contributed by atoms with Gasteiger partial charge in [0.15, 0.2) is 5.78 Å². The van der Waals surface area contributed by atoms with Crippen LogP contribution >= 0.6 is 0 Å². The topological polar surface area (TPSA) is 74.6 Å². The summed E-state index contributed by atoms with van der Waals surface area (Å²) < 4.78 is 0. The first-order valence-corrected chi connectivity index (χ1v) is 10.4. The van der Waals surface area contributed by atoms with Crippen LogP contribution in [0.5, 0.6) is 0 Å². The minimum Gasteiger partial charge on any atom is -0.481 e. The molecule has 2 N–H and O–H groups in total. The van der Waals surface area contributed by atoms with Gasteiger partial charge in [-0.25, -0.2) is 0 Å². The summed E-state index contributed by atoms with van der Waals surface area (Å²) in [6.45, 7) is 4.57. The van der Waals surface area contributed by atoms with Gasteiger partial charge in [-0.1, -0.05) is 19.9 Å². The molecule has 0 radical (unpaired) electrons. The Kier molecular flexibility index (Phi) is 4.15. The number of aliphatic hydroxyl groups is 1. The number of carboxylic acid groups (broad SMARTS) is 1. The zero-order valence-corrected chi connectivity index (χ0v) is 16.0. The molecule has 0 bridgehead atoms. The Hall–Kier alpha value is -1.16. The largest absolute Gasteiger partial charge is 0.481 e. The molecule has 3 saturated carbocycles. The molecule has 4 nitrogen and oxygen atoms in total. The van der Waals surface area contributed by atoms with E-state index >= 15 is 0 Å². The van der Waals surface area contributed by atoms with Gasteiger partial charge in [-0.2, -0.15) is 0 Å². The number of carbonyl (C=O) groups is 2. The van der Waals surface area contributed by atoms with E-state index in [1.54, 1.807) is 0 Å². The van der Waals surface area contributed by atoms with Gasteiger partial charge >= 0.3 is 5.97 Å². The molecule has 0 heterocycles. The van der Waals surface area contributed by atoms with Gasteiger partial charge in [0.2, 0.25) is 0 Å². The van der Waals surface area contributed by atoms with Crippen LogP contribution in [0.25, 0.3) is 0 Å². The zero-order valence-electron chi connectivity index (χ0n) is 16.0. The number of aliphatic carboxylic acids is 1. The molecule has 0 aliphatic heterocycles. The Morgan fingerprint density at radius 3 is 2.62 bits per heavy atom. The highest BCUT2D eigenvalue weighted by molar-refractivity contribution is 5.91. The van der Waals surface area contributed by atoms with Crippen LogP contribution in [0.3, 0.4) is 0 Å². The molecule has 0 aromatic rings. The van der Waals surface area contributed by atoms with Crippen LogP contribution in [0.2, 0.25) is 0 Å². The quantitative estimate of drug-likeness (QED) is 0.798. The van der Waals surface area contributed by atoms with Crippen molar-refractivity contribution in [3.63, 3.8) is 0 Å². The van der Waals surface area contributed by atoms with E-state index < -0.39 is 11.6 Å². The fourth-order valence-electron chi connectivity index (χ4n) is 7.47. The lowest BCUT2D eigenvalue weighted by Crippen LogP contribution is -2.55. The van der Waals surface area contributed by atoms with Gasteiger partial charge in [-0.15, -0.1) is 0 Å². The zero-order chi connectivity index (χ0) is 18.7. The Labute approximate surface area is 156 Å². The van der Waals surface area contributed by atoms with Gasteiger partial charge in [0, 0.05) is 12.8 Å². The number of ketones is 1. The Morgan fingerprint density at radius 2 is 1.88 bits per heavy atom. The van der Waals surface area contributed by atoms with Crippen LogP contribution in [0, 0.1) is 34.5 Å². The first-order valence-electron chi connectivity index (χ1n) is 10.4. The van der Waals surface area contributed by atoms with Crippen molar-refractivity contribution in [2.75, 3.05) is 0 Å². The predicted octanol–water partition coefficient (Wildman–Crippen LogP) is 3.97. The van der Waals surface area contributed by atoms with Crippen LogP contribution in [0.4, 0.5) is 0 Å². The van der Waals surface area contributed by atoms with Crippen LogP contribution in [0.15, 0.2) is 12.2 Å². The van der Waals surface area contributed by atoms with Gasteiger partial charge in [0.1, 0.15) is 0 Å². The number of carboxylic acids is 1. The number of allylic oxidation sites excluding steroid dienone is 2. The summed E-state index contributed by atoms with van der Waals surface area (Å²) in [6.07, 6.45) is 11.2. The molecular formula is C22H32O4. The molecule has 0 spiro atoms. The molecule has 4 aliphatic rings. The average Bonchev–Trinajstić information content (AvgIpc) is 2.86. The maximum Gasteiger partial charge on any atom is 0.303 e. The minimum absolute atomic E-state index is 0.0531. The third kappa shape index (κ3) is 2.44. The molecule has 0 amide bonds. The first-order chi connectivity index (χ1) is 12.2. The Bertz CT molecular complexity index is 655. The highest BCUT2D eigenvalue weighted by atomic mass is 16.4. The number of rotatable bonds is 3. The van der Waals surface area contributed by atoms with E-state index in [4.69, 9.17) is 5.11 Å². The van der Waals surface area contributed by atoms with Crippen LogP contribution in [-0.4, -0.2) is 27.6 Å². The molecule has 144 valence electrons. The van der Waals surface area contributed by atoms with E-state index in [9.17, 15) is 14.7 Å². The molecule has 7 atom stereocenters. The first kappa shape index (κ1) is 18.2. The van der Waals surface area contributed by atoms with E-state index in [0.29, 0.717) is 36.5 Å². The number of carbonyl (C=O) groups excluding carboxylic acids is 1. The number of fused-ring (bicyclic) bond motifs is 5. The average molecular weight is 360 g/mol. The van der Waals surface area contributed by atoms with Crippen LogP contribution < -0.4 is 0 Å². The third-order valence-corrected chi connectivity index (χ3v) is 9.11. The summed E-state index contributed by atoms with van der Waals surface area (Å²) in [7, 11) is 0. The summed E-state index contributed by atoms with van der Waals surface area (Å²) in [5.74, 6) is 1.58. The molecule has 4 aliphatic carbocycles. The van der Waals surface area contributed by atoms with Crippen molar-refractivity contribution in [3.05, 3.63) is 12.2 Å². The fourth-order valence-corrected chi connectivity index (χ4v) is 7.47. The highest BCUT2D eigenvalue weighted by Crippen LogP contribution is 2.68. The Morgan fingerprint density at radius 1 is 1.15 bits per heavy atom. The molecular weight excluding hydrogens is 328 g/mol. The third-order valence-electron chi connectivity index (χ3n) is 9.11. The SMILES string of the molecule is C[C@]12C=CC(=O)C[C@@H]1CC[C@@H]1[C@@H]2CC[C@@]2(C)[C@H]1CC[C@@]2(O)CCC(=O)O. The van der Waals surface area contributed by atoms with Crippen molar-refractivity contribution in [1.29, 1.82) is 0 Å². The van der Waals surface area contributed by atoms with Crippen molar-refractivity contribution < 1.29 is 19.8 Å². The fraction of sp³-hybridized carbons (Fsp3) is 0.818. The van der Waals surface area contributed by atoms with E-state index in [2.05, 4.69) is 19.9 Å². The van der Waals surface area contributed by atoms with Crippen molar-refractivity contribution >= 4 is 11.8 Å². The molecule has 4 heteroatoms. The van der Waals surface area contributed by atoms with Crippen LogP contribution in [0.1, 0.15) is 71.6 Å². The standard InChI is InChI=1S/C22H32O4/c1-20-9-5-15(23)13-14(20)3-4-16-17(20)6-10-21(2)18(16)7-11-22(21,26)12-8-19(24)25/h5,9,14,16-18,26H,3-4,6-8,10-13H2,1-2H3,(H,24,25)/t14-,16+,17-,18-,20-,21-,22+/m0/s1. The van der Waals surface area contributed by atoms with Gasteiger partial charge in [0.05, 0.1) is 5.60 Å². The lowest BCUT2D eigenvalue weighted by Gasteiger charge is -2.60. The second-order valence-electron chi connectivity index (χ2n) is 9.94. The lowest BCUT2D eigenvalue weighted by atomic mass is 9.45.